The molecule has 1 aliphatic carbocycles. The fourth-order valence-corrected chi connectivity index (χ4v) is 3.18. The van der Waals surface area contributed by atoms with Crippen molar-refractivity contribution in [1.29, 1.82) is 5.26 Å². The number of aryl methyl sites for hydroxylation is 1. The van der Waals surface area contributed by atoms with E-state index in [4.69, 9.17) is 9.47 Å². The van der Waals surface area contributed by atoms with Crippen molar-refractivity contribution in [2.75, 3.05) is 13.2 Å². The lowest BCUT2D eigenvalue weighted by Crippen LogP contribution is -2.41. The quantitative estimate of drug-likeness (QED) is 0.776. The summed E-state index contributed by atoms with van der Waals surface area (Å²) in [7, 11) is 0. The molecule has 100 valence electrons. The predicted octanol–water partition coefficient (Wildman–Crippen LogP) is 3.07. The van der Waals surface area contributed by atoms with Crippen molar-refractivity contribution < 1.29 is 9.47 Å². The molecular formula is C16H19NO2. The average molecular weight is 257 g/mol. The normalized spacial score (nSPS) is 24.2. The number of hydrogen-bond donors (Lipinski definition) is 0. The van der Waals surface area contributed by atoms with Crippen molar-refractivity contribution in [3.05, 3.63) is 35.4 Å². The molecule has 2 fully saturated rings. The van der Waals surface area contributed by atoms with Crippen molar-refractivity contribution in [1.82, 2.24) is 0 Å². The van der Waals surface area contributed by atoms with E-state index in [-0.39, 0.29) is 5.41 Å². The van der Waals surface area contributed by atoms with Crippen LogP contribution in [0, 0.1) is 18.3 Å². The third-order valence-corrected chi connectivity index (χ3v) is 4.50. The van der Waals surface area contributed by atoms with Gasteiger partial charge < -0.3 is 9.47 Å². The fourth-order valence-electron chi connectivity index (χ4n) is 3.18. The summed E-state index contributed by atoms with van der Waals surface area (Å²) in [5.74, 6) is -0.398. The summed E-state index contributed by atoms with van der Waals surface area (Å²) in [6.45, 7) is 3.44. The van der Waals surface area contributed by atoms with E-state index in [1.807, 2.05) is 0 Å². The van der Waals surface area contributed by atoms with E-state index in [1.165, 1.54) is 5.56 Å². The van der Waals surface area contributed by atoms with Gasteiger partial charge in [-0.25, -0.2) is 0 Å². The molecule has 0 atom stereocenters. The Balaban J connectivity index is 1.82. The van der Waals surface area contributed by atoms with Gasteiger partial charge in [0, 0.05) is 12.8 Å². The van der Waals surface area contributed by atoms with E-state index in [2.05, 4.69) is 37.3 Å². The third kappa shape index (κ3) is 2.16. The second-order valence-electron chi connectivity index (χ2n) is 5.67. The highest BCUT2D eigenvalue weighted by Crippen LogP contribution is 2.46. The van der Waals surface area contributed by atoms with Gasteiger partial charge in [-0.05, 0) is 25.3 Å². The SMILES string of the molecule is Cc1ccc(C2(C#N)CCC3(CC2)OCCO3)cc1. The Morgan fingerprint density at radius 3 is 2.11 bits per heavy atom. The molecule has 0 unspecified atom stereocenters. The van der Waals surface area contributed by atoms with Gasteiger partial charge in [0.2, 0.25) is 0 Å². The molecule has 3 heteroatoms. The minimum absolute atomic E-state index is 0.367. The summed E-state index contributed by atoms with van der Waals surface area (Å²) in [5, 5.41) is 9.66. The molecule has 0 aromatic heterocycles. The van der Waals surface area contributed by atoms with Crippen LogP contribution in [0.3, 0.4) is 0 Å². The molecule has 2 aliphatic rings. The lowest BCUT2D eigenvalue weighted by Gasteiger charge is -2.40. The van der Waals surface area contributed by atoms with E-state index >= 15 is 0 Å². The molecule has 3 nitrogen and oxygen atoms in total. The largest absolute Gasteiger partial charge is 0.348 e. The summed E-state index contributed by atoms with van der Waals surface area (Å²) in [6.07, 6.45) is 3.25. The second kappa shape index (κ2) is 4.63. The van der Waals surface area contributed by atoms with Gasteiger partial charge in [0.15, 0.2) is 5.79 Å². The van der Waals surface area contributed by atoms with Gasteiger partial charge in [0.05, 0.1) is 24.7 Å². The number of hydrogen-bond acceptors (Lipinski definition) is 3. The first-order valence-electron chi connectivity index (χ1n) is 6.94. The molecule has 1 aromatic carbocycles. The van der Waals surface area contributed by atoms with E-state index in [9.17, 15) is 5.26 Å². The topological polar surface area (TPSA) is 42.2 Å². The smallest absolute Gasteiger partial charge is 0.168 e. The zero-order valence-corrected chi connectivity index (χ0v) is 11.3. The molecule has 0 amide bonds. The van der Waals surface area contributed by atoms with E-state index < -0.39 is 5.79 Å². The molecule has 1 saturated carbocycles. The molecule has 1 aliphatic heterocycles. The number of nitrogens with zero attached hydrogens (tertiary/aromatic N) is 1. The maximum atomic E-state index is 9.66. The van der Waals surface area contributed by atoms with Crippen LogP contribution in [0.1, 0.15) is 36.8 Å². The summed E-state index contributed by atoms with van der Waals surface area (Å²) in [6, 6.07) is 10.9. The Morgan fingerprint density at radius 1 is 1.00 bits per heavy atom. The molecule has 1 aromatic rings. The molecular weight excluding hydrogens is 238 g/mol. The van der Waals surface area contributed by atoms with Crippen LogP contribution in [-0.4, -0.2) is 19.0 Å². The molecule has 3 rings (SSSR count). The van der Waals surface area contributed by atoms with Crippen LogP contribution in [-0.2, 0) is 14.9 Å². The monoisotopic (exact) mass is 257 g/mol. The van der Waals surface area contributed by atoms with E-state index in [1.54, 1.807) is 0 Å². The molecule has 0 bridgehead atoms. The summed E-state index contributed by atoms with van der Waals surface area (Å²) in [5.41, 5.74) is 1.99. The van der Waals surface area contributed by atoms with Gasteiger partial charge in [-0.1, -0.05) is 29.8 Å². The van der Waals surface area contributed by atoms with Crippen LogP contribution in [0.2, 0.25) is 0 Å². The molecule has 1 spiro atoms. The van der Waals surface area contributed by atoms with Crippen LogP contribution in [0.4, 0.5) is 0 Å². The Kier molecular flexibility index (Phi) is 3.08. The maximum Gasteiger partial charge on any atom is 0.168 e. The zero-order chi connectivity index (χ0) is 13.3. The lowest BCUT2D eigenvalue weighted by molar-refractivity contribution is -0.182. The summed E-state index contributed by atoms with van der Waals surface area (Å²) in [4.78, 5) is 0. The standard InChI is InChI=1S/C16H19NO2/c1-13-2-4-14(5-3-13)15(12-17)6-8-16(9-7-15)18-10-11-19-16/h2-5H,6-11H2,1H3. The van der Waals surface area contributed by atoms with Crippen LogP contribution in [0.5, 0.6) is 0 Å². The predicted molar refractivity (Wildman–Crippen MR) is 71.6 cm³/mol. The lowest BCUT2D eigenvalue weighted by atomic mass is 9.68. The zero-order valence-electron chi connectivity index (χ0n) is 11.3. The highest BCUT2D eigenvalue weighted by Gasteiger charge is 2.47. The molecule has 19 heavy (non-hydrogen) atoms. The summed E-state index contributed by atoms with van der Waals surface area (Å²) < 4.78 is 11.5. The Morgan fingerprint density at radius 2 is 1.58 bits per heavy atom. The second-order valence-corrected chi connectivity index (χ2v) is 5.67. The van der Waals surface area contributed by atoms with Gasteiger partial charge in [-0.2, -0.15) is 5.26 Å². The van der Waals surface area contributed by atoms with Crippen molar-refractivity contribution in [2.45, 2.75) is 43.8 Å². The van der Waals surface area contributed by atoms with Crippen LogP contribution < -0.4 is 0 Å². The van der Waals surface area contributed by atoms with Crippen LogP contribution >= 0.6 is 0 Å². The number of nitriles is 1. The number of ether oxygens (including phenoxy) is 2. The fraction of sp³-hybridized carbons (Fsp3) is 0.562. The highest BCUT2D eigenvalue weighted by atomic mass is 16.7. The molecule has 1 heterocycles. The first kappa shape index (κ1) is 12.7. The average Bonchev–Trinajstić information content (AvgIpc) is 2.90. The molecule has 0 N–H and O–H groups in total. The third-order valence-electron chi connectivity index (χ3n) is 4.50. The van der Waals surface area contributed by atoms with E-state index in [0.29, 0.717) is 13.2 Å². The van der Waals surface area contributed by atoms with Crippen LogP contribution in [0.15, 0.2) is 24.3 Å². The minimum Gasteiger partial charge on any atom is -0.348 e. The Labute approximate surface area is 114 Å². The molecule has 1 saturated heterocycles. The summed E-state index contributed by atoms with van der Waals surface area (Å²) >= 11 is 0. The van der Waals surface area contributed by atoms with Gasteiger partial charge in [-0.3, -0.25) is 0 Å². The molecule has 0 radical (unpaired) electrons. The number of benzene rings is 1. The first-order chi connectivity index (χ1) is 9.18. The van der Waals surface area contributed by atoms with Gasteiger partial charge in [0.25, 0.3) is 0 Å². The minimum atomic E-state index is -0.398. The maximum absolute atomic E-state index is 9.66. The first-order valence-corrected chi connectivity index (χ1v) is 6.94. The van der Waals surface area contributed by atoms with Crippen molar-refractivity contribution in [3.63, 3.8) is 0 Å². The van der Waals surface area contributed by atoms with Crippen molar-refractivity contribution in [3.8, 4) is 6.07 Å². The van der Waals surface area contributed by atoms with E-state index in [0.717, 1.165) is 31.2 Å². The van der Waals surface area contributed by atoms with Crippen molar-refractivity contribution in [2.24, 2.45) is 0 Å². The Hall–Kier alpha value is -1.37. The van der Waals surface area contributed by atoms with Gasteiger partial charge in [-0.15, -0.1) is 0 Å². The highest BCUT2D eigenvalue weighted by molar-refractivity contribution is 5.35. The Bertz CT molecular complexity index is 484. The number of rotatable bonds is 1. The van der Waals surface area contributed by atoms with Crippen molar-refractivity contribution >= 4 is 0 Å². The van der Waals surface area contributed by atoms with Gasteiger partial charge in [0.1, 0.15) is 0 Å². The van der Waals surface area contributed by atoms with Gasteiger partial charge >= 0.3 is 0 Å². The van der Waals surface area contributed by atoms with Crippen LogP contribution in [0.25, 0.3) is 0 Å².